The molecular formula is C9H6F6O. The fraction of sp³-hybridized carbons (Fsp3) is 0.222. The topological polar surface area (TPSA) is 17.1 Å². The molecule has 0 aliphatic carbocycles. The predicted octanol–water partition coefficient (Wildman–Crippen LogP) is 3.12. The number of halogens is 6. The van der Waals surface area contributed by atoms with Crippen LogP contribution < -0.4 is 0 Å². The minimum atomic E-state index is -2.37. The Hall–Kier alpha value is -1.53. The molecule has 16 heavy (non-hydrogen) atoms. The number of carbonyl (C=O) groups is 1. The molecule has 0 heterocycles. The Morgan fingerprint density at radius 2 is 0.875 bits per heavy atom. The lowest BCUT2D eigenvalue weighted by Gasteiger charge is -1.99. The van der Waals surface area contributed by atoms with Gasteiger partial charge in [0.15, 0.2) is 0 Å². The van der Waals surface area contributed by atoms with Crippen molar-refractivity contribution >= 4 is 6.29 Å². The summed E-state index contributed by atoms with van der Waals surface area (Å²) in [6, 6.07) is 0. The molecule has 1 aromatic rings. The molecular weight excluding hydrogens is 238 g/mol. The summed E-state index contributed by atoms with van der Waals surface area (Å²) in [6.07, 6.45) is 1.51. The average Bonchev–Trinajstić information content (AvgIpc) is 2.31. The molecule has 0 aliphatic rings. The molecule has 0 saturated heterocycles. The third-order valence-electron chi connectivity index (χ3n) is 1.32. The molecule has 0 bridgehead atoms. The van der Waals surface area contributed by atoms with Crippen LogP contribution in [0.5, 0.6) is 0 Å². The van der Waals surface area contributed by atoms with E-state index in [1.807, 2.05) is 6.92 Å². The number of hydrogen-bond donors (Lipinski definition) is 0. The fourth-order valence-electron chi connectivity index (χ4n) is 0.578. The second-order valence-electron chi connectivity index (χ2n) is 2.46. The maximum Gasteiger partial charge on any atom is 0.200 e. The first-order valence-corrected chi connectivity index (χ1v) is 3.98. The third-order valence-corrected chi connectivity index (χ3v) is 1.32. The molecule has 0 aliphatic heterocycles. The molecule has 90 valence electrons. The third kappa shape index (κ3) is 2.98. The van der Waals surface area contributed by atoms with Crippen molar-refractivity contribution in [1.82, 2.24) is 0 Å². The van der Waals surface area contributed by atoms with E-state index in [9.17, 15) is 31.1 Å². The van der Waals surface area contributed by atoms with Gasteiger partial charge in [-0.25, -0.2) is 26.3 Å². The highest BCUT2D eigenvalue weighted by Gasteiger charge is 2.25. The van der Waals surface area contributed by atoms with Crippen LogP contribution >= 0.6 is 0 Å². The molecule has 0 atom stereocenters. The molecule has 0 amide bonds. The minimum absolute atomic E-state index is 0.639. The Morgan fingerprint density at radius 1 is 0.750 bits per heavy atom. The lowest BCUT2D eigenvalue weighted by atomic mass is 10.3. The van der Waals surface area contributed by atoms with Gasteiger partial charge in [-0.05, 0) is 0 Å². The lowest BCUT2D eigenvalue weighted by molar-refractivity contribution is -0.107. The van der Waals surface area contributed by atoms with Crippen LogP contribution in [-0.2, 0) is 4.79 Å². The van der Waals surface area contributed by atoms with Gasteiger partial charge < -0.3 is 4.79 Å². The van der Waals surface area contributed by atoms with Crippen LogP contribution in [0.15, 0.2) is 0 Å². The van der Waals surface area contributed by atoms with Gasteiger partial charge in [0.1, 0.15) is 6.29 Å². The number of carbonyl (C=O) groups excluding carboxylic acids is 1. The standard InChI is InChI=1S/C6F6.C3H6O/c7-1-2(8)4(10)6(12)5(11)3(1)9;1-2-3-4/h;3H,2H2,1H3. The van der Waals surface area contributed by atoms with E-state index in [1.54, 1.807) is 0 Å². The van der Waals surface area contributed by atoms with Crippen molar-refractivity contribution < 1.29 is 31.1 Å². The van der Waals surface area contributed by atoms with Crippen LogP contribution in [0, 0.1) is 34.9 Å². The second kappa shape index (κ2) is 6.14. The summed E-state index contributed by atoms with van der Waals surface area (Å²) in [6.45, 7) is 1.81. The minimum Gasteiger partial charge on any atom is -0.303 e. The van der Waals surface area contributed by atoms with Gasteiger partial charge in [0, 0.05) is 6.42 Å². The van der Waals surface area contributed by atoms with Gasteiger partial charge in [-0.15, -0.1) is 0 Å². The van der Waals surface area contributed by atoms with E-state index >= 15 is 0 Å². The summed E-state index contributed by atoms with van der Waals surface area (Å²) in [7, 11) is 0. The van der Waals surface area contributed by atoms with Crippen LogP contribution in [0.2, 0.25) is 0 Å². The SMILES string of the molecule is CCC=O.Fc1c(F)c(F)c(F)c(F)c1F. The molecule has 0 radical (unpaired) electrons. The Balaban J connectivity index is 0.000000487. The van der Waals surface area contributed by atoms with E-state index in [4.69, 9.17) is 0 Å². The maximum atomic E-state index is 12.0. The first-order valence-electron chi connectivity index (χ1n) is 3.98. The normalized spacial score (nSPS) is 9.44. The first-order chi connectivity index (χ1) is 7.38. The van der Waals surface area contributed by atoms with Crippen molar-refractivity contribution in [2.24, 2.45) is 0 Å². The van der Waals surface area contributed by atoms with Crippen LogP contribution in [0.4, 0.5) is 26.3 Å². The zero-order chi connectivity index (χ0) is 12.9. The average molecular weight is 244 g/mol. The van der Waals surface area contributed by atoms with Gasteiger partial charge in [-0.1, -0.05) is 6.92 Å². The van der Waals surface area contributed by atoms with Gasteiger partial charge in [0.25, 0.3) is 0 Å². The second-order valence-corrected chi connectivity index (χ2v) is 2.46. The summed E-state index contributed by atoms with van der Waals surface area (Å²) < 4.78 is 72.2. The largest absolute Gasteiger partial charge is 0.303 e. The van der Waals surface area contributed by atoms with Crippen molar-refractivity contribution in [2.75, 3.05) is 0 Å². The summed E-state index contributed by atoms with van der Waals surface area (Å²) in [4.78, 5) is 9.17. The maximum absolute atomic E-state index is 12.0. The Bertz CT molecular complexity index is 285. The monoisotopic (exact) mass is 244 g/mol. The van der Waals surface area contributed by atoms with Crippen LogP contribution in [-0.4, -0.2) is 6.29 Å². The van der Waals surface area contributed by atoms with E-state index in [1.165, 1.54) is 0 Å². The van der Waals surface area contributed by atoms with Gasteiger partial charge in [0.05, 0.1) is 0 Å². The van der Waals surface area contributed by atoms with Gasteiger partial charge in [0.2, 0.25) is 34.9 Å². The van der Waals surface area contributed by atoms with Crippen molar-refractivity contribution in [3.8, 4) is 0 Å². The summed E-state index contributed by atoms with van der Waals surface area (Å²) >= 11 is 0. The molecule has 0 unspecified atom stereocenters. The zero-order valence-electron chi connectivity index (χ0n) is 7.96. The van der Waals surface area contributed by atoms with E-state index in [0.29, 0.717) is 6.42 Å². The number of rotatable bonds is 1. The molecule has 1 nitrogen and oxygen atoms in total. The number of benzene rings is 1. The Kier molecular flexibility index (Phi) is 5.55. The van der Waals surface area contributed by atoms with Crippen molar-refractivity contribution in [3.05, 3.63) is 34.9 Å². The van der Waals surface area contributed by atoms with Crippen molar-refractivity contribution in [1.29, 1.82) is 0 Å². The lowest BCUT2D eigenvalue weighted by Crippen LogP contribution is -2.04. The summed E-state index contributed by atoms with van der Waals surface area (Å²) in [5.74, 6) is -14.2. The van der Waals surface area contributed by atoms with E-state index < -0.39 is 34.9 Å². The van der Waals surface area contributed by atoms with Crippen LogP contribution in [0.25, 0.3) is 0 Å². The number of aldehydes is 1. The van der Waals surface area contributed by atoms with E-state index in [2.05, 4.69) is 0 Å². The van der Waals surface area contributed by atoms with Crippen LogP contribution in [0.1, 0.15) is 13.3 Å². The van der Waals surface area contributed by atoms with Gasteiger partial charge >= 0.3 is 0 Å². The fourth-order valence-corrected chi connectivity index (χ4v) is 0.578. The molecule has 1 rings (SSSR count). The molecule has 0 saturated carbocycles. The molecule has 7 heteroatoms. The van der Waals surface area contributed by atoms with Gasteiger partial charge in [-0.2, -0.15) is 0 Å². The molecule has 1 aromatic carbocycles. The number of hydrogen-bond acceptors (Lipinski definition) is 1. The first kappa shape index (κ1) is 14.5. The van der Waals surface area contributed by atoms with Crippen molar-refractivity contribution in [3.63, 3.8) is 0 Å². The molecule has 0 N–H and O–H groups in total. The molecule has 0 fully saturated rings. The highest BCUT2D eigenvalue weighted by atomic mass is 19.2. The molecule has 0 spiro atoms. The Labute approximate surface area is 86.7 Å². The Morgan fingerprint density at radius 3 is 0.938 bits per heavy atom. The predicted molar refractivity (Wildman–Crippen MR) is 42.5 cm³/mol. The van der Waals surface area contributed by atoms with Crippen molar-refractivity contribution in [2.45, 2.75) is 13.3 Å². The zero-order valence-corrected chi connectivity index (χ0v) is 7.96. The van der Waals surface area contributed by atoms with Gasteiger partial charge in [-0.3, -0.25) is 0 Å². The summed E-state index contributed by atoms with van der Waals surface area (Å²) in [5.41, 5.74) is 0. The van der Waals surface area contributed by atoms with E-state index in [0.717, 1.165) is 6.29 Å². The molecule has 0 aromatic heterocycles. The van der Waals surface area contributed by atoms with E-state index in [-0.39, 0.29) is 0 Å². The smallest absolute Gasteiger partial charge is 0.200 e. The highest BCUT2D eigenvalue weighted by Crippen LogP contribution is 2.20. The van der Waals surface area contributed by atoms with Crippen LogP contribution in [0.3, 0.4) is 0 Å². The summed E-state index contributed by atoms with van der Waals surface area (Å²) in [5, 5.41) is 0. The highest BCUT2D eigenvalue weighted by molar-refractivity contribution is 5.48. The quantitative estimate of drug-likeness (QED) is 0.321.